The van der Waals surface area contributed by atoms with Gasteiger partial charge in [-0.1, -0.05) is 17.7 Å². The second-order valence-electron chi connectivity index (χ2n) is 3.64. The van der Waals surface area contributed by atoms with Crippen molar-refractivity contribution in [3.05, 3.63) is 45.5 Å². The average molecular weight is 313 g/mol. The number of nitrogens with zero attached hydrogens (tertiary/aromatic N) is 1. The quantitative estimate of drug-likeness (QED) is 0.876. The lowest BCUT2D eigenvalue weighted by Gasteiger charge is -2.10. The fraction of sp³-hybridized carbons (Fsp3) is 0.0833. The summed E-state index contributed by atoms with van der Waals surface area (Å²) in [5.74, 6) is 0.721. The number of nitrogen functional groups attached to an aromatic ring is 1. The van der Waals surface area contributed by atoms with Crippen molar-refractivity contribution in [1.29, 1.82) is 0 Å². The predicted octanol–water partition coefficient (Wildman–Crippen LogP) is 4.13. The van der Waals surface area contributed by atoms with Gasteiger partial charge in [0.15, 0.2) is 0 Å². The van der Waals surface area contributed by atoms with Gasteiger partial charge in [-0.2, -0.15) is 0 Å². The van der Waals surface area contributed by atoms with Crippen LogP contribution in [0.4, 0.5) is 17.2 Å². The molecule has 0 radical (unpaired) electrons. The summed E-state index contributed by atoms with van der Waals surface area (Å²) < 4.78 is 0.859. The van der Waals surface area contributed by atoms with Crippen LogP contribution in [0.5, 0.6) is 0 Å². The first-order valence-electron chi connectivity index (χ1n) is 5.01. The second kappa shape index (κ2) is 4.94. The Hall–Kier alpha value is -1.26. The fourth-order valence-corrected chi connectivity index (χ4v) is 2.00. The standard InChI is InChI=1S/C12H11BrClN3/c1-7-10(15)6-16-12(11(7)13)17-9-4-2-3-8(14)5-9/h2-6H,15H2,1H3,(H,16,17). The zero-order chi connectivity index (χ0) is 12.4. The van der Waals surface area contributed by atoms with Crippen molar-refractivity contribution in [3.63, 3.8) is 0 Å². The van der Waals surface area contributed by atoms with Crippen LogP contribution >= 0.6 is 27.5 Å². The molecule has 0 spiro atoms. The first-order chi connectivity index (χ1) is 8.08. The van der Waals surface area contributed by atoms with Crippen LogP contribution in [-0.2, 0) is 0 Å². The van der Waals surface area contributed by atoms with Gasteiger partial charge < -0.3 is 11.1 Å². The van der Waals surface area contributed by atoms with Gasteiger partial charge in [-0.25, -0.2) is 4.98 Å². The first kappa shape index (κ1) is 12.2. The lowest BCUT2D eigenvalue weighted by Crippen LogP contribution is -1.99. The van der Waals surface area contributed by atoms with Crippen molar-refractivity contribution in [2.75, 3.05) is 11.1 Å². The van der Waals surface area contributed by atoms with Crippen LogP contribution in [-0.4, -0.2) is 4.98 Å². The first-order valence-corrected chi connectivity index (χ1v) is 6.18. The molecular formula is C12H11BrClN3. The van der Waals surface area contributed by atoms with Crippen LogP contribution in [0.2, 0.25) is 5.02 Å². The number of nitrogens with one attached hydrogen (secondary N) is 1. The van der Waals surface area contributed by atoms with Crippen molar-refractivity contribution in [1.82, 2.24) is 4.98 Å². The molecular weight excluding hydrogens is 302 g/mol. The van der Waals surface area contributed by atoms with Gasteiger partial charge in [0, 0.05) is 10.7 Å². The maximum absolute atomic E-state index is 5.92. The molecule has 0 aliphatic carbocycles. The van der Waals surface area contributed by atoms with Gasteiger partial charge in [-0.05, 0) is 46.6 Å². The van der Waals surface area contributed by atoms with Crippen LogP contribution < -0.4 is 11.1 Å². The summed E-state index contributed by atoms with van der Waals surface area (Å²) in [5.41, 5.74) is 8.27. The Morgan fingerprint density at radius 1 is 1.41 bits per heavy atom. The minimum Gasteiger partial charge on any atom is -0.397 e. The zero-order valence-corrected chi connectivity index (χ0v) is 11.5. The molecule has 0 amide bonds. The summed E-state index contributed by atoms with van der Waals surface area (Å²) in [6.45, 7) is 1.93. The summed E-state index contributed by atoms with van der Waals surface area (Å²) in [4.78, 5) is 4.24. The maximum Gasteiger partial charge on any atom is 0.145 e. The third-order valence-electron chi connectivity index (χ3n) is 2.39. The molecule has 0 aliphatic rings. The molecule has 0 unspecified atom stereocenters. The average Bonchev–Trinajstić information content (AvgIpc) is 2.30. The molecule has 2 aromatic rings. The van der Waals surface area contributed by atoms with Crippen molar-refractivity contribution >= 4 is 44.7 Å². The lowest BCUT2D eigenvalue weighted by atomic mass is 10.2. The predicted molar refractivity (Wildman–Crippen MR) is 75.8 cm³/mol. The van der Waals surface area contributed by atoms with E-state index in [0.717, 1.165) is 21.5 Å². The smallest absolute Gasteiger partial charge is 0.145 e. The summed E-state index contributed by atoms with van der Waals surface area (Å²) >= 11 is 9.38. The number of rotatable bonds is 2. The van der Waals surface area contributed by atoms with Crippen molar-refractivity contribution < 1.29 is 0 Å². The number of nitrogens with two attached hydrogens (primary N) is 1. The van der Waals surface area contributed by atoms with Gasteiger partial charge >= 0.3 is 0 Å². The Labute approximate surface area is 113 Å². The fourth-order valence-electron chi connectivity index (χ4n) is 1.38. The Bertz CT molecular complexity index is 557. The Balaban J connectivity index is 2.34. The molecule has 1 aromatic heterocycles. The molecule has 5 heteroatoms. The van der Waals surface area contributed by atoms with Gasteiger partial charge in [-0.15, -0.1) is 0 Å². The van der Waals surface area contributed by atoms with Gasteiger partial charge in [0.25, 0.3) is 0 Å². The molecule has 0 saturated carbocycles. The lowest BCUT2D eigenvalue weighted by molar-refractivity contribution is 1.25. The van der Waals surface area contributed by atoms with E-state index in [2.05, 4.69) is 26.2 Å². The molecule has 88 valence electrons. The molecule has 0 fully saturated rings. The number of aromatic nitrogens is 1. The highest BCUT2D eigenvalue weighted by Gasteiger charge is 2.07. The summed E-state index contributed by atoms with van der Waals surface area (Å²) in [5, 5.41) is 3.86. The van der Waals surface area contributed by atoms with E-state index in [-0.39, 0.29) is 0 Å². The summed E-state index contributed by atoms with van der Waals surface area (Å²) in [6.07, 6.45) is 1.63. The molecule has 3 N–H and O–H groups in total. The number of hydrogen-bond acceptors (Lipinski definition) is 3. The van der Waals surface area contributed by atoms with Crippen LogP contribution in [0.3, 0.4) is 0 Å². The molecule has 0 bridgehead atoms. The Kier molecular flexibility index (Phi) is 3.54. The topological polar surface area (TPSA) is 50.9 Å². The van der Waals surface area contributed by atoms with Gasteiger partial charge in [0.1, 0.15) is 5.82 Å². The minimum absolute atomic E-state index is 0.661. The van der Waals surface area contributed by atoms with Gasteiger partial charge in [0.05, 0.1) is 16.4 Å². The van der Waals surface area contributed by atoms with Crippen LogP contribution in [0.1, 0.15) is 5.56 Å². The van der Waals surface area contributed by atoms with E-state index in [1.54, 1.807) is 6.20 Å². The van der Waals surface area contributed by atoms with E-state index < -0.39 is 0 Å². The highest BCUT2D eigenvalue weighted by atomic mass is 79.9. The van der Waals surface area contributed by atoms with Gasteiger partial charge in [0.2, 0.25) is 0 Å². The van der Waals surface area contributed by atoms with E-state index in [1.807, 2.05) is 31.2 Å². The normalized spacial score (nSPS) is 10.3. The van der Waals surface area contributed by atoms with E-state index in [9.17, 15) is 0 Å². The maximum atomic E-state index is 5.92. The van der Waals surface area contributed by atoms with Crippen LogP contribution in [0.25, 0.3) is 0 Å². The van der Waals surface area contributed by atoms with E-state index in [4.69, 9.17) is 17.3 Å². The van der Waals surface area contributed by atoms with Gasteiger partial charge in [-0.3, -0.25) is 0 Å². The zero-order valence-electron chi connectivity index (χ0n) is 9.17. The summed E-state index contributed by atoms with van der Waals surface area (Å²) in [6, 6.07) is 7.46. The number of pyridine rings is 1. The number of anilines is 3. The Morgan fingerprint density at radius 3 is 2.88 bits per heavy atom. The van der Waals surface area contributed by atoms with E-state index in [1.165, 1.54) is 0 Å². The third kappa shape index (κ3) is 2.70. The molecule has 0 saturated heterocycles. The molecule has 17 heavy (non-hydrogen) atoms. The SMILES string of the molecule is Cc1c(N)cnc(Nc2cccc(Cl)c2)c1Br. The highest BCUT2D eigenvalue weighted by molar-refractivity contribution is 9.10. The van der Waals surface area contributed by atoms with Crippen LogP contribution in [0, 0.1) is 6.92 Å². The second-order valence-corrected chi connectivity index (χ2v) is 4.87. The molecule has 2 rings (SSSR count). The number of halogens is 2. The van der Waals surface area contributed by atoms with Crippen molar-refractivity contribution in [2.24, 2.45) is 0 Å². The molecule has 0 aliphatic heterocycles. The molecule has 1 aromatic carbocycles. The third-order valence-corrected chi connectivity index (χ3v) is 3.60. The molecule has 0 atom stereocenters. The van der Waals surface area contributed by atoms with Crippen molar-refractivity contribution in [3.8, 4) is 0 Å². The van der Waals surface area contributed by atoms with E-state index >= 15 is 0 Å². The van der Waals surface area contributed by atoms with Crippen molar-refractivity contribution in [2.45, 2.75) is 6.92 Å². The largest absolute Gasteiger partial charge is 0.397 e. The Morgan fingerprint density at radius 2 is 2.18 bits per heavy atom. The van der Waals surface area contributed by atoms with Crippen LogP contribution in [0.15, 0.2) is 34.9 Å². The highest BCUT2D eigenvalue weighted by Crippen LogP contribution is 2.30. The van der Waals surface area contributed by atoms with E-state index in [0.29, 0.717) is 10.7 Å². The molecule has 3 nitrogen and oxygen atoms in total. The molecule has 1 heterocycles. The summed E-state index contributed by atoms with van der Waals surface area (Å²) in [7, 11) is 0. The number of hydrogen-bond donors (Lipinski definition) is 2. The monoisotopic (exact) mass is 311 g/mol. The minimum atomic E-state index is 0.661. The number of benzene rings is 1.